The Bertz CT molecular complexity index is 262. The van der Waals surface area contributed by atoms with Gasteiger partial charge in [-0.05, 0) is 6.42 Å². The molecule has 0 aromatic rings. The van der Waals surface area contributed by atoms with E-state index in [-0.39, 0.29) is 6.61 Å². The summed E-state index contributed by atoms with van der Waals surface area (Å²) in [7, 11) is -8.87. The zero-order chi connectivity index (χ0) is 14.7. The molecule has 0 amide bonds. The quantitative estimate of drug-likeness (QED) is 0.335. The van der Waals surface area contributed by atoms with Gasteiger partial charge in [0.05, 0.1) is 6.61 Å². The third-order valence-electron chi connectivity index (χ3n) is 1.76. The first-order valence-electron chi connectivity index (χ1n) is 5.54. The molecule has 112 valence electrons. The van der Waals surface area contributed by atoms with Crippen LogP contribution in [0.15, 0.2) is 0 Å². The van der Waals surface area contributed by atoms with Crippen molar-refractivity contribution in [1.29, 1.82) is 0 Å². The fourth-order valence-electron chi connectivity index (χ4n) is 1.07. The van der Waals surface area contributed by atoms with Gasteiger partial charge in [0.1, 0.15) is 0 Å². The average molecular weight is 308 g/mol. The van der Waals surface area contributed by atoms with Gasteiger partial charge in [-0.2, -0.15) is 0 Å². The molecule has 0 rings (SSSR count). The van der Waals surface area contributed by atoms with E-state index < -0.39 is 15.6 Å². The van der Waals surface area contributed by atoms with Gasteiger partial charge in [0, 0.05) is 0 Å². The van der Waals surface area contributed by atoms with Crippen molar-refractivity contribution in [2.75, 3.05) is 6.61 Å². The van der Waals surface area contributed by atoms with Crippen LogP contribution in [-0.2, 0) is 13.7 Å². The Morgan fingerprint density at radius 2 is 1.22 bits per heavy atom. The molecule has 0 saturated heterocycles. The molecule has 0 saturated carbocycles. The first kappa shape index (κ1) is 20.5. The molecule has 10 heteroatoms. The van der Waals surface area contributed by atoms with Gasteiger partial charge in [-0.3, -0.25) is 4.52 Å². The summed E-state index contributed by atoms with van der Waals surface area (Å²) in [5, 5.41) is 0. The highest BCUT2D eigenvalue weighted by Gasteiger charge is 2.12. The zero-order valence-corrected chi connectivity index (χ0v) is 12.1. The summed E-state index contributed by atoms with van der Waals surface area (Å²) in [5.74, 6) is 0. The smallest absolute Gasteiger partial charge is 0.303 e. The summed E-state index contributed by atoms with van der Waals surface area (Å²) in [4.78, 5) is 38.3. The number of hydrogen-bond donors (Lipinski definition) is 5. The van der Waals surface area contributed by atoms with E-state index in [4.69, 9.17) is 29.0 Å². The fraction of sp³-hybridized carbons (Fsp3) is 1.00. The lowest BCUT2D eigenvalue weighted by Gasteiger charge is -2.04. The standard InChI is InChI=1S/C8H19O4P.H3O4P/c1-2-3-4-5-6-7-8-12-13(9,10)11;1-5(2,3)4/h2-8H2,1H3,(H2,9,10,11);(H3,1,2,3,4). The Balaban J connectivity index is 0. The van der Waals surface area contributed by atoms with Crippen LogP contribution in [0, 0.1) is 0 Å². The average Bonchev–Trinajstić information content (AvgIpc) is 2.12. The van der Waals surface area contributed by atoms with Gasteiger partial charge in [0.15, 0.2) is 0 Å². The van der Waals surface area contributed by atoms with Crippen LogP contribution in [0.2, 0.25) is 0 Å². The number of unbranched alkanes of at least 4 members (excludes halogenated alkanes) is 5. The normalized spacial score (nSPS) is 11.9. The van der Waals surface area contributed by atoms with Crippen LogP contribution < -0.4 is 0 Å². The molecular weight excluding hydrogens is 286 g/mol. The first-order chi connectivity index (χ1) is 8.06. The molecule has 0 unspecified atom stereocenters. The monoisotopic (exact) mass is 308 g/mol. The highest BCUT2D eigenvalue weighted by Crippen LogP contribution is 2.35. The molecule has 0 atom stereocenters. The summed E-state index contributed by atoms with van der Waals surface area (Å²) >= 11 is 0. The summed E-state index contributed by atoms with van der Waals surface area (Å²) in [6.45, 7) is 2.31. The highest BCUT2D eigenvalue weighted by atomic mass is 31.2. The van der Waals surface area contributed by atoms with Crippen molar-refractivity contribution in [2.24, 2.45) is 0 Å². The number of hydrogen-bond acceptors (Lipinski definition) is 3. The third-order valence-corrected chi connectivity index (χ3v) is 2.28. The summed E-state index contributed by atoms with van der Waals surface area (Å²) in [6, 6.07) is 0. The van der Waals surface area contributed by atoms with E-state index in [1.54, 1.807) is 0 Å². The SMILES string of the molecule is CCCCCCCCOP(=O)(O)O.O=P(O)(O)O. The highest BCUT2D eigenvalue weighted by molar-refractivity contribution is 7.46. The molecule has 0 radical (unpaired) electrons. The molecule has 5 N–H and O–H groups in total. The van der Waals surface area contributed by atoms with E-state index in [0.717, 1.165) is 19.3 Å². The van der Waals surface area contributed by atoms with Gasteiger partial charge >= 0.3 is 15.6 Å². The van der Waals surface area contributed by atoms with E-state index in [1.807, 2.05) is 0 Å². The molecule has 0 aliphatic carbocycles. The lowest BCUT2D eigenvalue weighted by molar-refractivity contribution is 0.193. The molecule has 18 heavy (non-hydrogen) atoms. The van der Waals surface area contributed by atoms with Crippen LogP contribution in [-0.4, -0.2) is 31.1 Å². The molecule has 0 spiro atoms. The maximum atomic E-state index is 10.2. The number of phosphoric ester groups is 1. The van der Waals surface area contributed by atoms with Crippen LogP contribution in [0.4, 0.5) is 0 Å². The topological polar surface area (TPSA) is 145 Å². The molecule has 0 aliphatic rings. The molecule has 0 bridgehead atoms. The summed E-state index contributed by atoms with van der Waals surface area (Å²) in [5.41, 5.74) is 0. The Hall–Kier alpha value is 0.220. The van der Waals surface area contributed by atoms with Crippen molar-refractivity contribution in [1.82, 2.24) is 0 Å². The van der Waals surface area contributed by atoms with Crippen molar-refractivity contribution in [2.45, 2.75) is 45.4 Å². The van der Waals surface area contributed by atoms with E-state index >= 15 is 0 Å². The number of rotatable bonds is 8. The van der Waals surface area contributed by atoms with Crippen molar-refractivity contribution in [3.8, 4) is 0 Å². The van der Waals surface area contributed by atoms with Gasteiger partial charge in [-0.25, -0.2) is 9.13 Å². The molecule has 0 fully saturated rings. The van der Waals surface area contributed by atoms with Crippen molar-refractivity contribution in [3.05, 3.63) is 0 Å². The van der Waals surface area contributed by atoms with Gasteiger partial charge in [0.2, 0.25) is 0 Å². The minimum atomic E-state index is -4.64. The van der Waals surface area contributed by atoms with Crippen LogP contribution in [0.5, 0.6) is 0 Å². The van der Waals surface area contributed by atoms with Gasteiger partial charge in [-0.1, -0.05) is 39.0 Å². The Morgan fingerprint density at radius 3 is 1.61 bits per heavy atom. The van der Waals surface area contributed by atoms with Crippen LogP contribution in [0.25, 0.3) is 0 Å². The summed E-state index contributed by atoms with van der Waals surface area (Å²) < 4.78 is 23.4. The molecule has 8 nitrogen and oxygen atoms in total. The zero-order valence-electron chi connectivity index (χ0n) is 10.3. The minimum absolute atomic E-state index is 0.163. The van der Waals surface area contributed by atoms with Crippen LogP contribution >= 0.6 is 15.6 Å². The lowest BCUT2D eigenvalue weighted by atomic mass is 10.1. The first-order valence-corrected chi connectivity index (χ1v) is 8.64. The lowest BCUT2D eigenvalue weighted by Crippen LogP contribution is -1.92. The maximum absolute atomic E-state index is 10.2. The van der Waals surface area contributed by atoms with E-state index in [9.17, 15) is 4.57 Å². The molecule has 0 aromatic heterocycles. The van der Waals surface area contributed by atoms with Crippen molar-refractivity contribution >= 4 is 15.6 Å². The van der Waals surface area contributed by atoms with Crippen LogP contribution in [0.3, 0.4) is 0 Å². The van der Waals surface area contributed by atoms with Crippen molar-refractivity contribution < 1.29 is 38.1 Å². The van der Waals surface area contributed by atoms with E-state index in [0.29, 0.717) is 0 Å². The predicted octanol–water partition coefficient (Wildman–Crippen LogP) is 1.53. The van der Waals surface area contributed by atoms with Crippen LogP contribution in [0.1, 0.15) is 45.4 Å². The predicted molar refractivity (Wildman–Crippen MR) is 65.6 cm³/mol. The van der Waals surface area contributed by atoms with Crippen molar-refractivity contribution in [3.63, 3.8) is 0 Å². The molecule has 0 heterocycles. The second-order valence-electron chi connectivity index (χ2n) is 3.60. The van der Waals surface area contributed by atoms with Gasteiger partial charge in [-0.15, -0.1) is 0 Å². The fourth-order valence-corrected chi connectivity index (χ4v) is 1.43. The van der Waals surface area contributed by atoms with Gasteiger partial charge in [0.25, 0.3) is 0 Å². The Morgan fingerprint density at radius 1 is 0.833 bits per heavy atom. The largest absolute Gasteiger partial charge is 0.469 e. The molecule has 0 aromatic carbocycles. The maximum Gasteiger partial charge on any atom is 0.469 e. The molecule has 0 aliphatic heterocycles. The van der Waals surface area contributed by atoms with Gasteiger partial charge < -0.3 is 24.5 Å². The Labute approximate surface area is 106 Å². The Kier molecular flexibility index (Phi) is 12.6. The van der Waals surface area contributed by atoms with E-state index in [1.165, 1.54) is 19.3 Å². The minimum Gasteiger partial charge on any atom is -0.303 e. The second-order valence-corrected chi connectivity index (χ2v) is 5.87. The van der Waals surface area contributed by atoms with E-state index in [2.05, 4.69) is 11.4 Å². The number of phosphoric acid groups is 2. The summed E-state index contributed by atoms with van der Waals surface area (Å²) in [6.07, 6.45) is 6.48. The third kappa shape index (κ3) is 36.0. The molecular formula is C8H22O8P2. The second kappa shape index (κ2) is 11.1.